The van der Waals surface area contributed by atoms with Crippen molar-refractivity contribution in [2.75, 3.05) is 37.7 Å². The van der Waals surface area contributed by atoms with Crippen LogP contribution in [0.1, 0.15) is 0 Å². The quantitative estimate of drug-likeness (QED) is 0.341. The first-order chi connectivity index (χ1) is 12.3. The molecule has 1 heterocycles. The van der Waals surface area contributed by atoms with Gasteiger partial charge in [0.1, 0.15) is 12.4 Å². The van der Waals surface area contributed by atoms with E-state index in [1.807, 2.05) is 35.2 Å². The Kier molecular flexibility index (Phi) is 10.4. The first-order valence-corrected chi connectivity index (χ1v) is 10.8. The van der Waals surface area contributed by atoms with Crippen molar-refractivity contribution >= 4 is 55.7 Å². The number of alkyl halides is 3. The lowest BCUT2D eigenvalue weighted by molar-refractivity contribution is 0.587. The van der Waals surface area contributed by atoms with Crippen molar-refractivity contribution in [1.29, 1.82) is 0 Å². The maximum absolute atomic E-state index is 11.8. The third kappa shape index (κ3) is 7.38. The maximum atomic E-state index is 11.8. The van der Waals surface area contributed by atoms with Gasteiger partial charge < -0.3 is 10.2 Å². The fourth-order valence-corrected chi connectivity index (χ4v) is 2.44. The molecule has 0 spiro atoms. The average molecular weight is 434 g/mol. The third-order valence-electron chi connectivity index (χ3n) is 3.38. The molecule has 26 heavy (non-hydrogen) atoms. The second-order valence-corrected chi connectivity index (χ2v) is 8.35. The summed E-state index contributed by atoms with van der Waals surface area (Å²) in [5.41, 5.74) is 1.34. The van der Waals surface area contributed by atoms with E-state index in [2.05, 4.69) is 12.9 Å². The van der Waals surface area contributed by atoms with Crippen LogP contribution < -0.4 is 21.1 Å². The molecule has 0 bridgehead atoms. The van der Waals surface area contributed by atoms with Gasteiger partial charge in [-0.15, -0.1) is 4.57 Å². The number of anilines is 1. The summed E-state index contributed by atoms with van der Waals surface area (Å²) in [6.45, 7) is 4.73. The molecule has 5 nitrogen and oxygen atoms in total. The van der Waals surface area contributed by atoms with E-state index in [-0.39, 0.29) is 10.9 Å². The van der Waals surface area contributed by atoms with Crippen molar-refractivity contribution < 1.29 is 4.57 Å². The highest BCUT2D eigenvalue weighted by Crippen LogP contribution is 2.26. The molecule has 10 heteroatoms. The largest absolute Gasteiger partial charge is 0.502 e. The molecular weight excluding hydrogens is 416 g/mol. The van der Waals surface area contributed by atoms with Crippen LogP contribution in [-0.4, -0.2) is 44.7 Å². The van der Waals surface area contributed by atoms with Gasteiger partial charge in [0.2, 0.25) is 10.9 Å². The molecule has 1 fully saturated rings. The molecule has 1 saturated heterocycles. The molecule has 2 aromatic rings. The molecule has 3 rings (SSSR count). The molecule has 1 atom stereocenters. The van der Waals surface area contributed by atoms with E-state index in [0.29, 0.717) is 11.3 Å². The van der Waals surface area contributed by atoms with Crippen LogP contribution in [0.5, 0.6) is 0 Å². The Morgan fingerprint density at radius 3 is 2.00 bits per heavy atom. The number of halogens is 3. The van der Waals surface area contributed by atoms with Gasteiger partial charge in [0.05, 0.1) is 5.56 Å². The van der Waals surface area contributed by atoms with E-state index in [4.69, 9.17) is 34.8 Å². The molecule has 2 radical (unpaired) electrons. The Labute approximate surface area is 169 Å². The van der Waals surface area contributed by atoms with E-state index in [9.17, 15) is 14.2 Å². The van der Waals surface area contributed by atoms with Gasteiger partial charge in [0.25, 0.3) is 7.68 Å². The highest BCUT2D eigenvalue weighted by molar-refractivity contribution is 7.71. The lowest BCUT2D eigenvalue weighted by atomic mass is 9.97. The summed E-state index contributed by atoms with van der Waals surface area (Å²) >= 11 is 14.4. The van der Waals surface area contributed by atoms with E-state index >= 15 is 0 Å². The number of hydrogen-bond donors (Lipinski definition) is 1. The molecule has 1 aliphatic heterocycles. The molecule has 0 aromatic heterocycles. The predicted molar refractivity (Wildman–Crippen MR) is 113 cm³/mol. The minimum Gasteiger partial charge on any atom is -0.365 e. The van der Waals surface area contributed by atoms with Crippen LogP contribution >= 0.6 is 42.5 Å². The number of nitrogens with one attached hydrogen (secondary N) is 1. The van der Waals surface area contributed by atoms with Gasteiger partial charge in [-0.25, -0.2) is 0 Å². The molecule has 0 amide bonds. The topological polar surface area (TPSA) is 66.5 Å². The van der Waals surface area contributed by atoms with Gasteiger partial charge in [-0.3, -0.25) is 9.59 Å². The molecule has 138 valence electrons. The SMILES string of the molecule is ClC(Cl)Cl.O=c1c(-c2ccccc2)c(N2CCNCC2)c1=O.[B][P+](C)=O. The zero-order chi connectivity index (χ0) is 19.7. The van der Waals surface area contributed by atoms with Gasteiger partial charge in [0.15, 0.2) is 4.30 Å². The summed E-state index contributed by atoms with van der Waals surface area (Å²) in [6.07, 6.45) is 0. The maximum Gasteiger partial charge on any atom is 0.502 e. The van der Waals surface area contributed by atoms with Gasteiger partial charge in [-0.05, 0) is 5.56 Å². The Morgan fingerprint density at radius 1 is 1.08 bits per heavy atom. The fourth-order valence-electron chi connectivity index (χ4n) is 2.44. The normalized spacial score (nSPS) is 14.2. The molecule has 1 unspecified atom stereocenters. The van der Waals surface area contributed by atoms with E-state index in [1.165, 1.54) is 6.66 Å². The number of piperazine rings is 1. The van der Waals surface area contributed by atoms with E-state index < -0.39 is 12.0 Å². The highest BCUT2D eigenvalue weighted by atomic mass is 35.6. The highest BCUT2D eigenvalue weighted by Gasteiger charge is 2.27. The molecular formula is C16H18BCl3N2O3P+. The van der Waals surface area contributed by atoms with Gasteiger partial charge in [-0.1, -0.05) is 65.1 Å². The second kappa shape index (κ2) is 11.7. The first-order valence-electron chi connectivity index (χ1n) is 7.67. The van der Waals surface area contributed by atoms with Crippen LogP contribution in [0.4, 0.5) is 5.69 Å². The Bertz CT molecular complexity index is 770. The van der Waals surface area contributed by atoms with Crippen LogP contribution in [-0.2, 0) is 4.57 Å². The lowest BCUT2D eigenvalue weighted by Gasteiger charge is -2.31. The van der Waals surface area contributed by atoms with Gasteiger partial charge >= 0.3 is 7.57 Å². The monoisotopic (exact) mass is 433 g/mol. The molecule has 1 N–H and O–H groups in total. The van der Waals surface area contributed by atoms with Crippen molar-refractivity contribution in [3.8, 4) is 11.1 Å². The van der Waals surface area contributed by atoms with Crippen molar-refractivity contribution in [3.05, 3.63) is 50.8 Å². The summed E-state index contributed by atoms with van der Waals surface area (Å²) in [7, 11) is 3.25. The Hall–Kier alpha value is -0.905. The van der Waals surface area contributed by atoms with Crippen LogP contribution in [0.15, 0.2) is 39.9 Å². The predicted octanol–water partition coefficient (Wildman–Crippen LogP) is 2.87. The number of hydrogen-bond acceptors (Lipinski definition) is 5. The van der Waals surface area contributed by atoms with E-state index in [0.717, 1.165) is 31.7 Å². The zero-order valence-electron chi connectivity index (χ0n) is 14.1. The Balaban J connectivity index is 0.000000360. The minimum atomic E-state index is -1.37. The fraction of sp³-hybridized carbons (Fsp3) is 0.375. The lowest BCUT2D eigenvalue weighted by Crippen LogP contribution is -2.50. The minimum absolute atomic E-state index is 0.337. The van der Waals surface area contributed by atoms with Gasteiger partial charge in [-0.2, -0.15) is 0 Å². The van der Waals surface area contributed by atoms with Gasteiger partial charge in [0, 0.05) is 26.2 Å². The smallest absolute Gasteiger partial charge is 0.365 e. The van der Waals surface area contributed by atoms with Crippen LogP contribution in [0, 0.1) is 0 Å². The summed E-state index contributed by atoms with van der Waals surface area (Å²) < 4.78 is 8.62. The first kappa shape index (κ1) is 23.1. The van der Waals surface area contributed by atoms with E-state index in [1.54, 1.807) is 0 Å². The summed E-state index contributed by atoms with van der Waals surface area (Å²) in [5.74, 6) is 0. The zero-order valence-corrected chi connectivity index (χ0v) is 17.3. The number of rotatable bonds is 2. The van der Waals surface area contributed by atoms with Crippen molar-refractivity contribution in [3.63, 3.8) is 0 Å². The summed E-state index contributed by atoms with van der Waals surface area (Å²) in [6, 6.07) is 9.42. The van der Waals surface area contributed by atoms with Crippen LogP contribution in [0.25, 0.3) is 11.1 Å². The Morgan fingerprint density at radius 2 is 1.54 bits per heavy atom. The summed E-state index contributed by atoms with van der Waals surface area (Å²) in [5, 5.41) is 3.24. The molecule has 0 saturated carbocycles. The average Bonchev–Trinajstić information content (AvgIpc) is 2.59. The third-order valence-corrected chi connectivity index (χ3v) is 3.38. The molecule has 0 aliphatic carbocycles. The van der Waals surface area contributed by atoms with Crippen molar-refractivity contribution in [2.24, 2.45) is 0 Å². The van der Waals surface area contributed by atoms with Crippen molar-refractivity contribution in [1.82, 2.24) is 5.32 Å². The standard InChI is InChI=1S/C14H14N2O2.CH3BOP.CHCl3/c17-13-11(10-4-2-1-3-5-10)12(14(13)18)16-8-6-15-7-9-16;1-4(2)3;2-1(3)4/h1-5,15H,6-9H2;1H3;1H/q;+1;. The summed E-state index contributed by atoms with van der Waals surface area (Å²) in [4.78, 5) is 25.6. The second-order valence-electron chi connectivity index (χ2n) is 5.28. The molecule has 1 aliphatic rings. The van der Waals surface area contributed by atoms with Crippen molar-refractivity contribution in [2.45, 2.75) is 4.30 Å². The van der Waals surface area contributed by atoms with Crippen LogP contribution in [0.2, 0.25) is 0 Å². The molecule has 2 aromatic carbocycles. The number of benzene rings is 1. The number of nitrogens with zero attached hydrogens (tertiary/aromatic N) is 1. The van der Waals surface area contributed by atoms with Crippen LogP contribution in [0.3, 0.4) is 0 Å².